The van der Waals surface area contributed by atoms with Gasteiger partial charge < -0.3 is 9.64 Å². The Morgan fingerprint density at radius 3 is 2.33 bits per heavy atom. The first kappa shape index (κ1) is 19.2. The topological polar surface area (TPSA) is 66.9 Å². The van der Waals surface area contributed by atoms with Crippen LogP contribution in [0.3, 0.4) is 0 Å². The van der Waals surface area contributed by atoms with Crippen LogP contribution in [-0.2, 0) is 10.0 Å². The molecule has 0 atom stereocenters. The summed E-state index contributed by atoms with van der Waals surface area (Å²) >= 11 is 0. The summed E-state index contributed by atoms with van der Waals surface area (Å²) in [5.41, 5.74) is 0.162. The Balaban J connectivity index is 1.70. The second-order valence-electron chi connectivity index (χ2n) is 6.00. The number of hydrogen-bond donors (Lipinski definition) is 0. The molecule has 6 nitrogen and oxygen atoms in total. The van der Waals surface area contributed by atoms with Crippen LogP contribution in [0.2, 0.25) is 0 Å². The van der Waals surface area contributed by atoms with E-state index in [-0.39, 0.29) is 48.3 Å². The predicted molar refractivity (Wildman–Crippen MR) is 94.0 cm³/mol. The van der Waals surface area contributed by atoms with Gasteiger partial charge in [0.05, 0.1) is 12.0 Å². The summed E-state index contributed by atoms with van der Waals surface area (Å²) in [6, 6.07) is 8.72. The number of methoxy groups -OCH3 is 1. The average Bonchev–Trinajstić information content (AvgIpc) is 2.67. The van der Waals surface area contributed by atoms with E-state index >= 15 is 0 Å². The van der Waals surface area contributed by atoms with Crippen LogP contribution in [0.1, 0.15) is 10.4 Å². The van der Waals surface area contributed by atoms with Gasteiger partial charge in [0.25, 0.3) is 5.91 Å². The van der Waals surface area contributed by atoms with Gasteiger partial charge >= 0.3 is 0 Å². The highest BCUT2D eigenvalue weighted by Gasteiger charge is 2.30. The highest BCUT2D eigenvalue weighted by molar-refractivity contribution is 7.89. The summed E-state index contributed by atoms with van der Waals surface area (Å²) in [6.45, 7) is 0.453. The van der Waals surface area contributed by atoms with E-state index in [1.807, 2.05) is 0 Å². The van der Waals surface area contributed by atoms with Gasteiger partial charge in [-0.25, -0.2) is 17.2 Å². The number of carbonyl (C=O) groups excluding carboxylic acids is 1. The van der Waals surface area contributed by atoms with E-state index in [0.717, 1.165) is 12.1 Å². The molecule has 1 aliphatic heterocycles. The number of halogens is 2. The van der Waals surface area contributed by atoms with Gasteiger partial charge in [-0.15, -0.1) is 0 Å². The Bertz CT molecular complexity index is 958. The third-order valence-electron chi connectivity index (χ3n) is 4.36. The minimum Gasteiger partial charge on any atom is -0.494 e. The molecule has 0 spiro atoms. The number of ether oxygens (including phenoxy) is 1. The second kappa shape index (κ2) is 7.61. The van der Waals surface area contributed by atoms with Gasteiger partial charge in [-0.2, -0.15) is 4.31 Å². The number of benzene rings is 2. The minimum atomic E-state index is -3.84. The summed E-state index contributed by atoms with van der Waals surface area (Å²) in [5.74, 6) is -1.63. The first-order valence-corrected chi connectivity index (χ1v) is 9.65. The van der Waals surface area contributed by atoms with Crippen molar-refractivity contribution in [3.05, 3.63) is 59.7 Å². The molecule has 2 aromatic carbocycles. The number of piperazine rings is 1. The van der Waals surface area contributed by atoms with Crippen molar-refractivity contribution in [1.29, 1.82) is 0 Å². The van der Waals surface area contributed by atoms with Crippen LogP contribution < -0.4 is 4.74 Å². The van der Waals surface area contributed by atoms with Gasteiger partial charge in [0.1, 0.15) is 5.82 Å². The van der Waals surface area contributed by atoms with E-state index in [2.05, 4.69) is 0 Å². The molecule has 1 aliphatic rings. The summed E-state index contributed by atoms with van der Waals surface area (Å²) in [4.78, 5) is 13.9. The van der Waals surface area contributed by atoms with Crippen molar-refractivity contribution in [2.24, 2.45) is 0 Å². The van der Waals surface area contributed by atoms with Crippen molar-refractivity contribution in [2.45, 2.75) is 4.90 Å². The Labute approximate surface area is 156 Å². The molecule has 0 radical (unpaired) electrons. The second-order valence-corrected chi connectivity index (χ2v) is 7.94. The van der Waals surface area contributed by atoms with Crippen molar-refractivity contribution in [1.82, 2.24) is 9.21 Å². The molecular weight excluding hydrogens is 378 g/mol. The standard InChI is InChI=1S/C18H18F2N2O4S/c1-26-17-6-5-13(11-16(17)20)18(23)21-7-9-22(10-8-21)27(24,25)15-4-2-3-14(19)12-15/h2-6,11-12H,7-10H2,1H3. The van der Waals surface area contributed by atoms with Crippen molar-refractivity contribution in [3.8, 4) is 5.75 Å². The van der Waals surface area contributed by atoms with Crippen LogP contribution in [0.5, 0.6) is 5.75 Å². The van der Waals surface area contributed by atoms with Crippen molar-refractivity contribution in [2.75, 3.05) is 33.3 Å². The molecule has 9 heteroatoms. The average molecular weight is 396 g/mol. The zero-order valence-corrected chi connectivity index (χ0v) is 15.4. The molecule has 2 aromatic rings. The summed E-state index contributed by atoms with van der Waals surface area (Å²) < 4.78 is 58.4. The molecule has 0 aromatic heterocycles. The molecule has 144 valence electrons. The molecule has 27 heavy (non-hydrogen) atoms. The van der Waals surface area contributed by atoms with Gasteiger partial charge in [-0.05, 0) is 36.4 Å². The van der Waals surface area contributed by atoms with Gasteiger partial charge in [-0.1, -0.05) is 6.07 Å². The van der Waals surface area contributed by atoms with Crippen LogP contribution in [-0.4, -0.2) is 56.8 Å². The third-order valence-corrected chi connectivity index (χ3v) is 6.25. The Kier molecular flexibility index (Phi) is 5.43. The van der Waals surface area contributed by atoms with Crippen LogP contribution >= 0.6 is 0 Å². The summed E-state index contributed by atoms with van der Waals surface area (Å²) in [5, 5.41) is 0. The molecule has 0 N–H and O–H groups in total. The largest absolute Gasteiger partial charge is 0.494 e. The van der Waals surface area contributed by atoms with Gasteiger partial charge in [-0.3, -0.25) is 4.79 Å². The molecule has 0 saturated carbocycles. The van der Waals surface area contributed by atoms with E-state index < -0.39 is 21.7 Å². The summed E-state index contributed by atoms with van der Waals surface area (Å²) in [7, 11) is -2.50. The molecule has 0 aliphatic carbocycles. The number of hydrogen-bond acceptors (Lipinski definition) is 4. The first-order valence-electron chi connectivity index (χ1n) is 8.21. The number of nitrogens with zero attached hydrogens (tertiary/aromatic N) is 2. The van der Waals surface area contributed by atoms with Crippen LogP contribution in [0.4, 0.5) is 8.78 Å². The van der Waals surface area contributed by atoms with Crippen LogP contribution in [0, 0.1) is 11.6 Å². The lowest BCUT2D eigenvalue weighted by Crippen LogP contribution is -2.50. The zero-order chi connectivity index (χ0) is 19.6. The Hall–Kier alpha value is -2.52. The summed E-state index contributed by atoms with van der Waals surface area (Å²) in [6.07, 6.45) is 0. The highest BCUT2D eigenvalue weighted by Crippen LogP contribution is 2.21. The third kappa shape index (κ3) is 3.93. The Morgan fingerprint density at radius 1 is 1.04 bits per heavy atom. The molecule has 3 rings (SSSR count). The molecule has 0 bridgehead atoms. The monoisotopic (exact) mass is 396 g/mol. The van der Waals surface area contributed by atoms with Gasteiger partial charge in [0.2, 0.25) is 10.0 Å². The number of sulfonamides is 1. The van der Waals surface area contributed by atoms with E-state index in [1.165, 1.54) is 46.6 Å². The van der Waals surface area contributed by atoms with Crippen LogP contribution in [0.15, 0.2) is 47.4 Å². The van der Waals surface area contributed by atoms with Gasteiger partial charge in [0, 0.05) is 31.7 Å². The smallest absolute Gasteiger partial charge is 0.254 e. The van der Waals surface area contributed by atoms with Gasteiger partial charge in [0.15, 0.2) is 11.6 Å². The molecule has 1 amide bonds. The fraction of sp³-hybridized carbons (Fsp3) is 0.278. The lowest BCUT2D eigenvalue weighted by molar-refractivity contribution is 0.0697. The van der Waals surface area contributed by atoms with E-state index in [1.54, 1.807) is 0 Å². The Morgan fingerprint density at radius 2 is 1.74 bits per heavy atom. The maximum atomic E-state index is 13.8. The SMILES string of the molecule is COc1ccc(C(=O)N2CCN(S(=O)(=O)c3cccc(F)c3)CC2)cc1F. The van der Waals surface area contributed by atoms with E-state index in [0.29, 0.717) is 0 Å². The fourth-order valence-corrected chi connectivity index (χ4v) is 4.34. The maximum absolute atomic E-state index is 13.8. The molecule has 1 saturated heterocycles. The molecular formula is C18H18F2N2O4S. The molecule has 1 fully saturated rings. The van der Waals surface area contributed by atoms with Crippen molar-refractivity contribution in [3.63, 3.8) is 0 Å². The number of amides is 1. The lowest BCUT2D eigenvalue weighted by atomic mass is 10.1. The van der Waals surface area contributed by atoms with Crippen molar-refractivity contribution < 1.29 is 26.7 Å². The van der Waals surface area contributed by atoms with Crippen LogP contribution in [0.25, 0.3) is 0 Å². The first-order chi connectivity index (χ1) is 12.8. The predicted octanol–water partition coefficient (Wildman–Crippen LogP) is 2.12. The highest BCUT2D eigenvalue weighted by atomic mass is 32.2. The number of carbonyl (C=O) groups is 1. The van der Waals surface area contributed by atoms with E-state index in [9.17, 15) is 22.0 Å². The maximum Gasteiger partial charge on any atom is 0.254 e. The van der Waals surface area contributed by atoms with E-state index in [4.69, 9.17) is 4.74 Å². The minimum absolute atomic E-state index is 0.0394. The molecule has 0 unspecified atom stereocenters. The molecule has 1 heterocycles. The number of rotatable bonds is 4. The fourth-order valence-electron chi connectivity index (χ4n) is 2.89. The zero-order valence-electron chi connectivity index (χ0n) is 14.6. The van der Waals surface area contributed by atoms with Crippen molar-refractivity contribution >= 4 is 15.9 Å². The quantitative estimate of drug-likeness (QED) is 0.794. The lowest BCUT2D eigenvalue weighted by Gasteiger charge is -2.34. The normalized spacial score (nSPS) is 15.6.